The van der Waals surface area contributed by atoms with Crippen LogP contribution in [0, 0.1) is 12.8 Å². The Morgan fingerprint density at radius 2 is 2.35 bits per heavy atom. The molecule has 0 saturated carbocycles. The highest BCUT2D eigenvalue weighted by Gasteiger charge is 2.15. The smallest absolute Gasteiger partial charge is 0.224 e. The molecule has 0 aliphatic heterocycles. The van der Waals surface area contributed by atoms with Crippen LogP contribution >= 0.6 is 0 Å². The van der Waals surface area contributed by atoms with Crippen molar-refractivity contribution in [3.8, 4) is 0 Å². The molecule has 1 amide bonds. The molecule has 0 aliphatic carbocycles. The lowest BCUT2D eigenvalue weighted by molar-refractivity contribution is -0.125. The Morgan fingerprint density at radius 3 is 2.94 bits per heavy atom. The Hall–Kier alpha value is -1.42. The summed E-state index contributed by atoms with van der Waals surface area (Å²) in [5.74, 6) is -0.0524. The number of aryl methyl sites for hydroxylation is 1. The fourth-order valence-corrected chi connectivity index (χ4v) is 1.72. The second-order valence-corrected chi connectivity index (χ2v) is 4.21. The average Bonchev–Trinajstić information content (AvgIpc) is 2.34. The Bertz CT molecular complexity index is 365. The maximum atomic E-state index is 11.8. The zero-order valence-electron chi connectivity index (χ0n) is 10.6. The summed E-state index contributed by atoms with van der Waals surface area (Å²) in [6, 6.07) is 3.88. The van der Waals surface area contributed by atoms with Crippen LogP contribution in [-0.2, 0) is 11.3 Å². The highest BCUT2D eigenvalue weighted by atomic mass is 16.1. The number of aromatic nitrogens is 1. The molecule has 94 valence electrons. The van der Waals surface area contributed by atoms with E-state index in [2.05, 4.69) is 17.2 Å². The minimum Gasteiger partial charge on any atom is -0.350 e. The number of carbonyl (C=O) groups is 1. The average molecular weight is 235 g/mol. The predicted molar refractivity (Wildman–Crippen MR) is 68.3 cm³/mol. The van der Waals surface area contributed by atoms with Gasteiger partial charge in [0, 0.05) is 12.7 Å². The molecule has 0 aliphatic rings. The summed E-state index contributed by atoms with van der Waals surface area (Å²) < 4.78 is 0. The number of carbonyl (C=O) groups excluding carboxylic acids is 1. The first-order valence-electron chi connectivity index (χ1n) is 6.07. The van der Waals surface area contributed by atoms with Crippen LogP contribution in [0.5, 0.6) is 0 Å². The second-order valence-electron chi connectivity index (χ2n) is 4.21. The molecule has 1 rings (SSSR count). The summed E-state index contributed by atoms with van der Waals surface area (Å²) >= 11 is 0. The van der Waals surface area contributed by atoms with Crippen LogP contribution in [0.4, 0.5) is 0 Å². The van der Waals surface area contributed by atoms with Crippen LogP contribution < -0.4 is 11.1 Å². The summed E-state index contributed by atoms with van der Waals surface area (Å²) in [5, 5.41) is 2.89. The lowest BCUT2D eigenvalue weighted by Crippen LogP contribution is -2.34. The van der Waals surface area contributed by atoms with Crippen molar-refractivity contribution in [2.24, 2.45) is 11.7 Å². The number of hydrogen-bond acceptors (Lipinski definition) is 3. The Morgan fingerprint density at radius 1 is 1.59 bits per heavy atom. The third-order valence-corrected chi connectivity index (χ3v) is 2.84. The molecule has 0 fully saturated rings. The van der Waals surface area contributed by atoms with Crippen molar-refractivity contribution in [2.45, 2.75) is 33.2 Å². The van der Waals surface area contributed by atoms with Crippen LogP contribution in [-0.4, -0.2) is 17.4 Å². The van der Waals surface area contributed by atoms with Crippen LogP contribution in [0.1, 0.15) is 31.0 Å². The minimum atomic E-state index is -0.0796. The van der Waals surface area contributed by atoms with Gasteiger partial charge in [0.25, 0.3) is 0 Å². The number of rotatable bonds is 6. The van der Waals surface area contributed by atoms with E-state index in [-0.39, 0.29) is 11.8 Å². The fraction of sp³-hybridized carbons (Fsp3) is 0.538. The Balaban J connectivity index is 2.50. The van der Waals surface area contributed by atoms with E-state index in [1.807, 2.05) is 19.1 Å². The molecule has 1 atom stereocenters. The van der Waals surface area contributed by atoms with Crippen molar-refractivity contribution in [2.75, 3.05) is 6.54 Å². The summed E-state index contributed by atoms with van der Waals surface area (Å²) in [5.41, 5.74) is 7.58. The van der Waals surface area contributed by atoms with Crippen LogP contribution in [0.3, 0.4) is 0 Å². The standard InChI is InChI=1S/C13H21N3O/c1-3-5-11(8-14)13(17)16-9-12-10(2)6-4-7-15-12/h4,6-7,11H,3,5,8-9,14H2,1-2H3,(H,16,17). The SMILES string of the molecule is CCCC(CN)C(=O)NCc1ncccc1C. The molecule has 1 heterocycles. The molecule has 0 bridgehead atoms. The number of nitrogens with zero attached hydrogens (tertiary/aromatic N) is 1. The van der Waals surface area contributed by atoms with Crippen molar-refractivity contribution in [1.82, 2.24) is 10.3 Å². The first-order valence-corrected chi connectivity index (χ1v) is 6.07. The third kappa shape index (κ3) is 4.15. The van der Waals surface area contributed by atoms with Gasteiger partial charge < -0.3 is 11.1 Å². The molecule has 3 N–H and O–H groups in total. The van der Waals surface area contributed by atoms with E-state index in [0.29, 0.717) is 13.1 Å². The van der Waals surface area contributed by atoms with Gasteiger partial charge in [-0.05, 0) is 25.0 Å². The zero-order valence-corrected chi connectivity index (χ0v) is 10.6. The van der Waals surface area contributed by atoms with Crippen molar-refractivity contribution in [3.05, 3.63) is 29.6 Å². The molecule has 0 radical (unpaired) electrons. The molecular weight excluding hydrogens is 214 g/mol. The van der Waals surface area contributed by atoms with E-state index in [1.165, 1.54) is 0 Å². The first-order chi connectivity index (χ1) is 8.19. The van der Waals surface area contributed by atoms with E-state index in [9.17, 15) is 4.79 Å². The number of pyridine rings is 1. The van der Waals surface area contributed by atoms with Crippen LogP contribution in [0.25, 0.3) is 0 Å². The largest absolute Gasteiger partial charge is 0.350 e. The van der Waals surface area contributed by atoms with Gasteiger partial charge >= 0.3 is 0 Å². The molecule has 0 spiro atoms. The van der Waals surface area contributed by atoms with Crippen molar-refractivity contribution in [1.29, 1.82) is 0 Å². The van der Waals surface area contributed by atoms with Crippen molar-refractivity contribution < 1.29 is 4.79 Å². The van der Waals surface area contributed by atoms with E-state index in [4.69, 9.17) is 5.73 Å². The highest BCUT2D eigenvalue weighted by molar-refractivity contribution is 5.78. The summed E-state index contributed by atoms with van der Waals surface area (Å²) in [6.45, 7) is 4.92. The summed E-state index contributed by atoms with van der Waals surface area (Å²) in [6.07, 6.45) is 3.54. The van der Waals surface area contributed by atoms with Crippen LogP contribution in [0.15, 0.2) is 18.3 Å². The van der Waals surface area contributed by atoms with E-state index >= 15 is 0 Å². The Labute approximate surface area is 103 Å². The minimum absolute atomic E-state index is 0.0272. The van der Waals surface area contributed by atoms with E-state index < -0.39 is 0 Å². The lowest BCUT2D eigenvalue weighted by atomic mass is 10.0. The quantitative estimate of drug-likeness (QED) is 0.782. The summed E-state index contributed by atoms with van der Waals surface area (Å²) in [7, 11) is 0. The second kappa shape index (κ2) is 7.01. The number of nitrogens with one attached hydrogen (secondary N) is 1. The van der Waals surface area contributed by atoms with Crippen molar-refractivity contribution in [3.63, 3.8) is 0 Å². The molecular formula is C13H21N3O. The molecule has 0 aromatic carbocycles. The molecule has 1 aromatic heterocycles. The molecule has 1 aromatic rings. The number of nitrogens with two attached hydrogens (primary N) is 1. The van der Waals surface area contributed by atoms with Gasteiger partial charge in [-0.15, -0.1) is 0 Å². The Kier molecular flexibility index (Phi) is 5.63. The molecule has 4 heteroatoms. The monoisotopic (exact) mass is 235 g/mol. The van der Waals surface area contributed by atoms with E-state index in [0.717, 1.165) is 24.1 Å². The van der Waals surface area contributed by atoms with Gasteiger partial charge in [0.15, 0.2) is 0 Å². The first kappa shape index (κ1) is 13.6. The van der Waals surface area contributed by atoms with Crippen molar-refractivity contribution >= 4 is 5.91 Å². The maximum absolute atomic E-state index is 11.8. The third-order valence-electron chi connectivity index (χ3n) is 2.84. The number of amides is 1. The zero-order chi connectivity index (χ0) is 12.7. The molecule has 17 heavy (non-hydrogen) atoms. The van der Waals surface area contributed by atoms with Gasteiger partial charge in [0.1, 0.15) is 0 Å². The topological polar surface area (TPSA) is 68.0 Å². The van der Waals surface area contributed by atoms with Crippen LogP contribution in [0.2, 0.25) is 0 Å². The van der Waals surface area contributed by atoms with Gasteiger partial charge in [-0.3, -0.25) is 9.78 Å². The van der Waals surface area contributed by atoms with E-state index in [1.54, 1.807) is 6.20 Å². The maximum Gasteiger partial charge on any atom is 0.224 e. The highest BCUT2D eigenvalue weighted by Crippen LogP contribution is 2.06. The molecule has 4 nitrogen and oxygen atoms in total. The molecule has 1 unspecified atom stereocenters. The predicted octanol–water partition coefficient (Wildman–Crippen LogP) is 1.38. The van der Waals surface area contributed by atoms with Gasteiger partial charge in [-0.1, -0.05) is 19.4 Å². The van der Waals surface area contributed by atoms with Gasteiger partial charge in [-0.2, -0.15) is 0 Å². The summed E-state index contributed by atoms with van der Waals surface area (Å²) in [4.78, 5) is 16.1. The number of hydrogen-bond donors (Lipinski definition) is 2. The fourth-order valence-electron chi connectivity index (χ4n) is 1.72. The molecule has 0 saturated heterocycles. The van der Waals surface area contributed by atoms with Gasteiger partial charge in [0.2, 0.25) is 5.91 Å². The van der Waals surface area contributed by atoms with Gasteiger partial charge in [0.05, 0.1) is 18.2 Å². The normalized spacial score (nSPS) is 12.2. The van der Waals surface area contributed by atoms with Gasteiger partial charge in [-0.25, -0.2) is 0 Å². The lowest BCUT2D eigenvalue weighted by Gasteiger charge is -2.14.